The van der Waals surface area contributed by atoms with Crippen molar-refractivity contribution in [3.63, 3.8) is 0 Å². The molecular formula is C18H24ClFN4O. The number of halogens is 2. The third-order valence-corrected chi connectivity index (χ3v) is 4.85. The Bertz CT molecular complexity index is 713. The highest BCUT2D eigenvalue weighted by Gasteiger charge is 2.33. The number of carbonyl (C=O) groups excluding carboxylic acids is 1. The van der Waals surface area contributed by atoms with E-state index in [4.69, 9.17) is 5.73 Å². The maximum Gasteiger partial charge on any atom is 0.225 e. The zero-order valence-corrected chi connectivity index (χ0v) is 14.9. The number of hydrogen-bond acceptors (Lipinski definition) is 3. The van der Waals surface area contributed by atoms with E-state index in [-0.39, 0.29) is 29.5 Å². The summed E-state index contributed by atoms with van der Waals surface area (Å²) in [6, 6.07) is 6.39. The van der Waals surface area contributed by atoms with Crippen LogP contribution >= 0.6 is 12.4 Å². The van der Waals surface area contributed by atoms with Crippen LogP contribution < -0.4 is 11.1 Å². The summed E-state index contributed by atoms with van der Waals surface area (Å²) in [7, 11) is 0. The molecule has 1 aliphatic rings. The molecule has 0 atom stereocenters. The molecule has 1 amide bonds. The molecule has 0 saturated heterocycles. The molecule has 1 heterocycles. The van der Waals surface area contributed by atoms with Crippen LogP contribution in [-0.2, 0) is 4.79 Å². The lowest BCUT2D eigenvalue weighted by molar-refractivity contribution is -0.118. The molecule has 5 nitrogen and oxygen atoms in total. The zero-order chi connectivity index (χ0) is 17.0. The van der Waals surface area contributed by atoms with Gasteiger partial charge in [0, 0.05) is 6.42 Å². The topological polar surface area (TPSA) is 72.9 Å². The van der Waals surface area contributed by atoms with Crippen LogP contribution in [-0.4, -0.2) is 22.2 Å². The van der Waals surface area contributed by atoms with E-state index < -0.39 is 0 Å². The van der Waals surface area contributed by atoms with Crippen LogP contribution in [0.1, 0.15) is 38.5 Å². The summed E-state index contributed by atoms with van der Waals surface area (Å²) in [5.74, 6) is -0.418. The van der Waals surface area contributed by atoms with E-state index in [1.807, 2.05) is 0 Å². The third-order valence-electron chi connectivity index (χ3n) is 4.85. The number of rotatable bonds is 5. The molecule has 1 fully saturated rings. The molecule has 25 heavy (non-hydrogen) atoms. The Hall–Kier alpha value is -1.92. The Morgan fingerprint density at radius 2 is 2.00 bits per heavy atom. The van der Waals surface area contributed by atoms with E-state index in [1.165, 1.54) is 23.4 Å². The van der Waals surface area contributed by atoms with E-state index in [2.05, 4.69) is 10.4 Å². The second kappa shape index (κ2) is 8.45. The number of nitrogens with two attached hydrogens (primary N) is 1. The molecule has 1 aromatic carbocycles. The van der Waals surface area contributed by atoms with Crippen LogP contribution in [0.15, 0.2) is 36.7 Å². The van der Waals surface area contributed by atoms with Gasteiger partial charge in [0.1, 0.15) is 11.5 Å². The van der Waals surface area contributed by atoms with Crippen LogP contribution in [0.3, 0.4) is 0 Å². The minimum Gasteiger partial charge on any atom is -0.330 e. The predicted molar refractivity (Wildman–Crippen MR) is 98.6 cm³/mol. The Balaban J connectivity index is 0.00000225. The number of benzene rings is 1. The third kappa shape index (κ3) is 4.58. The minimum absolute atomic E-state index is 0. The maximum absolute atomic E-state index is 13.8. The summed E-state index contributed by atoms with van der Waals surface area (Å²) in [5, 5.41) is 6.98. The lowest BCUT2D eigenvalue weighted by atomic mass is 9.71. The largest absolute Gasteiger partial charge is 0.330 e. The molecule has 1 aliphatic carbocycles. The van der Waals surface area contributed by atoms with Gasteiger partial charge in [0.2, 0.25) is 5.91 Å². The van der Waals surface area contributed by atoms with Crippen molar-refractivity contribution in [2.45, 2.75) is 38.5 Å². The van der Waals surface area contributed by atoms with Gasteiger partial charge < -0.3 is 11.1 Å². The number of aromatic nitrogens is 2. The van der Waals surface area contributed by atoms with Gasteiger partial charge in [0.25, 0.3) is 0 Å². The summed E-state index contributed by atoms with van der Waals surface area (Å²) in [6.45, 7) is 0.537. The standard InChI is InChI=1S/C18H23FN4O.ClH/c19-15-6-2-3-7-16(15)23-12-14(11-21-23)22-17(24)10-18(13-20)8-4-1-5-9-18;/h2-3,6-7,11-12H,1,4-5,8-10,13,20H2,(H,22,24);1H. The number of carbonyl (C=O) groups is 1. The second-order valence-corrected chi connectivity index (χ2v) is 6.61. The molecule has 1 saturated carbocycles. The van der Waals surface area contributed by atoms with Crippen molar-refractivity contribution in [3.8, 4) is 5.69 Å². The van der Waals surface area contributed by atoms with Gasteiger partial charge in [-0.25, -0.2) is 9.07 Å². The Morgan fingerprint density at radius 1 is 1.28 bits per heavy atom. The van der Waals surface area contributed by atoms with Gasteiger partial charge in [-0.1, -0.05) is 31.4 Å². The second-order valence-electron chi connectivity index (χ2n) is 6.61. The van der Waals surface area contributed by atoms with Crippen molar-refractivity contribution in [1.82, 2.24) is 9.78 Å². The van der Waals surface area contributed by atoms with Gasteiger partial charge in [-0.05, 0) is 36.9 Å². The van der Waals surface area contributed by atoms with Gasteiger partial charge in [-0.15, -0.1) is 12.4 Å². The number of anilines is 1. The molecule has 1 aromatic heterocycles. The van der Waals surface area contributed by atoms with Crippen molar-refractivity contribution in [2.24, 2.45) is 11.1 Å². The predicted octanol–water partition coefficient (Wildman–Crippen LogP) is 3.67. The van der Waals surface area contributed by atoms with E-state index in [1.54, 1.807) is 24.4 Å². The molecule has 0 bridgehead atoms. The highest BCUT2D eigenvalue weighted by molar-refractivity contribution is 5.91. The first kappa shape index (κ1) is 19.4. The Labute approximate surface area is 153 Å². The van der Waals surface area contributed by atoms with E-state index in [9.17, 15) is 9.18 Å². The molecule has 3 N–H and O–H groups in total. The van der Waals surface area contributed by atoms with Crippen LogP contribution in [0.4, 0.5) is 10.1 Å². The number of hydrogen-bond donors (Lipinski definition) is 2. The summed E-state index contributed by atoms with van der Waals surface area (Å²) < 4.78 is 15.2. The molecule has 3 rings (SSSR count). The molecule has 0 spiro atoms. The quantitative estimate of drug-likeness (QED) is 0.847. The van der Waals surface area contributed by atoms with Crippen molar-refractivity contribution in [2.75, 3.05) is 11.9 Å². The van der Waals surface area contributed by atoms with E-state index in [0.29, 0.717) is 24.3 Å². The average Bonchev–Trinajstić information content (AvgIpc) is 3.04. The summed E-state index contributed by atoms with van der Waals surface area (Å²) in [5.41, 5.74) is 6.77. The Morgan fingerprint density at radius 3 is 2.68 bits per heavy atom. The lowest BCUT2D eigenvalue weighted by Gasteiger charge is -2.35. The summed E-state index contributed by atoms with van der Waals surface area (Å²) in [4.78, 5) is 12.4. The fraction of sp³-hybridized carbons (Fsp3) is 0.444. The first-order valence-corrected chi connectivity index (χ1v) is 8.41. The normalized spacial score (nSPS) is 16.1. The zero-order valence-electron chi connectivity index (χ0n) is 14.1. The van der Waals surface area contributed by atoms with Crippen LogP contribution in [0, 0.1) is 11.2 Å². The molecule has 0 unspecified atom stereocenters. The smallest absolute Gasteiger partial charge is 0.225 e. The highest BCUT2D eigenvalue weighted by Crippen LogP contribution is 2.38. The molecular weight excluding hydrogens is 343 g/mol. The number of amides is 1. The van der Waals surface area contributed by atoms with Crippen molar-refractivity contribution < 1.29 is 9.18 Å². The number of para-hydroxylation sites is 1. The van der Waals surface area contributed by atoms with Gasteiger partial charge in [-0.2, -0.15) is 5.10 Å². The number of nitrogens with zero attached hydrogens (tertiary/aromatic N) is 2. The van der Waals surface area contributed by atoms with Crippen molar-refractivity contribution in [3.05, 3.63) is 42.5 Å². The van der Waals surface area contributed by atoms with Gasteiger partial charge in [0.05, 0.1) is 18.1 Å². The molecule has 0 aliphatic heterocycles. The first-order chi connectivity index (χ1) is 11.6. The first-order valence-electron chi connectivity index (χ1n) is 8.41. The van der Waals surface area contributed by atoms with Gasteiger partial charge in [0.15, 0.2) is 0 Å². The van der Waals surface area contributed by atoms with Gasteiger partial charge >= 0.3 is 0 Å². The van der Waals surface area contributed by atoms with Crippen molar-refractivity contribution in [1.29, 1.82) is 0 Å². The highest BCUT2D eigenvalue weighted by atomic mass is 35.5. The van der Waals surface area contributed by atoms with Crippen molar-refractivity contribution >= 4 is 24.0 Å². The van der Waals surface area contributed by atoms with E-state index in [0.717, 1.165) is 25.7 Å². The van der Waals surface area contributed by atoms with E-state index >= 15 is 0 Å². The summed E-state index contributed by atoms with van der Waals surface area (Å²) >= 11 is 0. The molecule has 0 radical (unpaired) electrons. The number of nitrogens with one attached hydrogen (secondary N) is 1. The monoisotopic (exact) mass is 366 g/mol. The minimum atomic E-state index is -0.359. The Kier molecular flexibility index (Phi) is 6.56. The van der Waals surface area contributed by atoms with Crippen LogP contribution in [0.5, 0.6) is 0 Å². The van der Waals surface area contributed by atoms with Crippen LogP contribution in [0.2, 0.25) is 0 Å². The summed E-state index contributed by atoms with van der Waals surface area (Å²) in [6.07, 6.45) is 9.07. The van der Waals surface area contributed by atoms with Gasteiger partial charge in [-0.3, -0.25) is 4.79 Å². The molecule has 7 heteroatoms. The van der Waals surface area contributed by atoms with Crippen LogP contribution in [0.25, 0.3) is 5.69 Å². The fourth-order valence-electron chi connectivity index (χ4n) is 3.46. The fourth-order valence-corrected chi connectivity index (χ4v) is 3.46. The molecule has 2 aromatic rings. The molecule has 136 valence electrons. The average molecular weight is 367 g/mol. The SMILES string of the molecule is Cl.NCC1(CC(=O)Nc2cnn(-c3ccccc3F)c2)CCCCC1. The maximum atomic E-state index is 13.8. The lowest BCUT2D eigenvalue weighted by Crippen LogP contribution is -2.36.